The van der Waals surface area contributed by atoms with Gasteiger partial charge in [-0.1, -0.05) is 23.9 Å². The lowest BCUT2D eigenvalue weighted by Gasteiger charge is -2.41. The Kier molecular flexibility index (Phi) is 4.90. The minimum atomic E-state index is -0.466. The van der Waals surface area contributed by atoms with Gasteiger partial charge in [0.05, 0.1) is 46.9 Å². The third-order valence-electron chi connectivity index (χ3n) is 4.82. The van der Waals surface area contributed by atoms with Gasteiger partial charge in [-0.25, -0.2) is 0 Å². The molecule has 1 amide bonds. The fraction of sp³-hybridized carbons (Fsp3) is 0.263. The van der Waals surface area contributed by atoms with Crippen LogP contribution in [0.15, 0.2) is 57.7 Å². The molecule has 1 atom stereocenters. The van der Waals surface area contributed by atoms with E-state index in [2.05, 4.69) is 11.0 Å². The first kappa shape index (κ1) is 18.3. The number of thioether (sulfide) groups is 1. The van der Waals surface area contributed by atoms with Crippen LogP contribution in [-0.2, 0) is 11.3 Å². The van der Waals surface area contributed by atoms with Gasteiger partial charge in [-0.05, 0) is 17.7 Å². The summed E-state index contributed by atoms with van der Waals surface area (Å²) in [6, 6.07) is 12.0. The Morgan fingerprint density at radius 2 is 2.11 bits per heavy atom. The fourth-order valence-corrected chi connectivity index (χ4v) is 4.58. The molecular formula is C19H16N4O4S. The smallest absolute Gasteiger partial charge is 0.269 e. The molecule has 142 valence electrons. The molecule has 2 aromatic rings. The Bertz CT molecular complexity index is 978. The Morgan fingerprint density at radius 3 is 2.75 bits per heavy atom. The van der Waals surface area contributed by atoms with E-state index in [1.165, 1.54) is 23.9 Å². The van der Waals surface area contributed by atoms with E-state index in [0.717, 1.165) is 11.3 Å². The second-order valence-electron chi connectivity index (χ2n) is 6.58. The van der Waals surface area contributed by atoms with Crippen molar-refractivity contribution in [3.63, 3.8) is 0 Å². The average Bonchev–Trinajstić information content (AvgIpc) is 3.21. The SMILES string of the molecule is N#CC1=C2SCN(Cc3ccco3)CN2C(=O)C[C@@H]1c1ccc([N+](=O)[O-])cc1. The fourth-order valence-electron chi connectivity index (χ4n) is 3.44. The van der Waals surface area contributed by atoms with Gasteiger partial charge in [0.2, 0.25) is 5.91 Å². The van der Waals surface area contributed by atoms with Crippen molar-refractivity contribution in [2.75, 3.05) is 12.5 Å². The number of nitro benzene ring substituents is 1. The summed E-state index contributed by atoms with van der Waals surface area (Å²) in [5.41, 5.74) is 1.26. The highest BCUT2D eigenvalue weighted by Crippen LogP contribution is 2.42. The molecule has 28 heavy (non-hydrogen) atoms. The van der Waals surface area contributed by atoms with Crippen LogP contribution in [0.2, 0.25) is 0 Å². The molecule has 1 fully saturated rings. The van der Waals surface area contributed by atoms with E-state index in [-0.39, 0.29) is 23.9 Å². The number of nitriles is 1. The van der Waals surface area contributed by atoms with Gasteiger partial charge in [-0.15, -0.1) is 0 Å². The standard InChI is InChI=1S/C19H16N4O4S/c20-9-17-16(13-3-5-14(6-4-13)23(25)26)8-18(24)22-11-21(12-28-19(17)22)10-15-2-1-7-27-15/h1-7,16H,8,10-12H2/t16-/m1/s1. The number of carbonyl (C=O) groups excluding carboxylic acids is 1. The third-order valence-corrected chi connectivity index (χ3v) is 6.02. The van der Waals surface area contributed by atoms with Crippen molar-refractivity contribution >= 4 is 23.4 Å². The number of nitro groups is 1. The molecular weight excluding hydrogens is 380 g/mol. The minimum absolute atomic E-state index is 0.0146. The van der Waals surface area contributed by atoms with E-state index in [1.807, 2.05) is 12.1 Å². The van der Waals surface area contributed by atoms with Gasteiger partial charge in [0.15, 0.2) is 0 Å². The molecule has 2 aliphatic heterocycles. The molecule has 8 nitrogen and oxygen atoms in total. The average molecular weight is 396 g/mol. The van der Waals surface area contributed by atoms with Crippen LogP contribution >= 0.6 is 11.8 Å². The number of hydrogen-bond donors (Lipinski definition) is 0. The van der Waals surface area contributed by atoms with Crippen molar-refractivity contribution in [1.29, 1.82) is 5.26 Å². The molecule has 0 N–H and O–H groups in total. The predicted molar refractivity (Wildman–Crippen MR) is 102 cm³/mol. The maximum Gasteiger partial charge on any atom is 0.269 e. The molecule has 0 bridgehead atoms. The van der Waals surface area contributed by atoms with Crippen LogP contribution < -0.4 is 0 Å². The molecule has 9 heteroatoms. The topological polar surface area (TPSA) is 104 Å². The second-order valence-corrected chi connectivity index (χ2v) is 7.51. The number of furan rings is 1. The quantitative estimate of drug-likeness (QED) is 0.576. The van der Waals surface area contributed by atoms with Crippen molar-refractivity contribution in [1.82, 2.24) is 9.80 Å². The molecule has 0 radical (unpaired) electrons. The Balaban J connectivity index is 1.59. The number of non-ortho nitro benzene ring substituents is 1. The predicted octanol–water partition coefficient (Wildman–Crippen LogP) is 3.40. The molecule has 4 rings (SSSR count). The van der Waals surface area contributed by atoms with E-state index >= 15 is 0 Å². The number of hydrogen-bond acceptors (Lipinski definition) is 7. The number of carbonyl (C=O) groups is 1. The highest BCUT2D eigenvalue weighted by molar-refractivity contribution is 8.03. The van der Waals surface area contributed by atoms with Crippen LogP contribution in [0.25, 0.3) is 0 Å². The normalized spacial score (nSPS) is 20.0. The monoisotopic (exact) mass is 396 g/mol. The number of benzene rings is 1. The third kappa shape index (κ3) is 3.40. The largest absolute Gasteiger partial charge is 0.468 e. The summed E-state index contributed by atoms with van der Waals surface area (Å²) < 4.78 is 5.38. The number of amides is 1. The zero-order valence-corrected chi connectivity index (χ0v) is 15.6. The summed E-state index contributed by atoms with van der Waals surface area (Å²) in [6.45, 7) is 0.991. The van der Waals surface area contributed by atoms with Gasteiger partial charge in [0.1, 0.15) is 5.76 Å². The summed E-state index contributed by atoms with van der Waals surface area (Å²) in [6.07, 6.45) is 1.78. The van der Waals surface area contributed by atoms with Crippen LogP contribution in [0, 0.1) is 21.4 Å². The van der Waals surface area contributed by atoms with Crippen LogP contribution in [-0.4, -0.2) is 33.2 Å². The highest BCUT2D eigenvalue weighted by atomic mass is 32.2. The van der Waals surface area contributed by atoms with Crippen molar-refractivity contribution in [3.8, 4) is 6.07 Å². The van der Waals surface area contributed by atoms with Crippen molar-refractivity contribution in [2.45, 2.75) is 18.9 Å². The summed E-state index contributed by atoms with van der Waals surface area (Å²) >= 11 is 1.46. The molecule has 1 aromatic carbocycles. The molecule has 1 saturated heterocycles. The van der Waals surface area contributed by atoms with Gasteiger partial charge in [-0.2, -0.15) is 5.26 Å². The molecule has 0 unspecified atom stereocenters. The zero-order valence-electron chi connectivity index (χ0n) is 14.8. The second kappa shape index (κ2) is 7.50. The maximum atomic E-state index is 12.8. The van der Waals surface area contributed by atoms with Crippen LogP contribution in [0.4, 0.5) is 5.69 Å². The first-order valence-electron chi connectivity index (χ1n) is 8.63. The molecule has 0 spiro atoms. The van der Waals surface area contributed by atoms with E-state index < -0.39 is 4.92 Å². The molecule has 0 saturated carbocycles. The zero-order chi connectivity index (χ0) is 19.7. The molecule has 3 heterocycles. The number of rotatable bonds is 4. The van der Waals surface area contributed by atoms with Crippen LogP contribution in [0.1, 0.15) is 23.7 Å². The molecule has 2 aliphatic rings. The summed E-state index contributed by atoms with van der Waals surface area (Å²) in [4.78, 5) is 26.9. The van der Waals surface area contributed by atoms with Gasteiger partial charge in [0, 0.05) is 24.5 Å². The lowest BCUT2D eigenvalue weighted by atomic mass is 9.86. The lowest BCUT2D eigenvalue weighted by Crippen LogP contribution is -2.46. The maximum absolute atomic E-state index is 12.8. The van der Waals surface area contributed by atoms with E-state index in [1.54, 1.807) is 23.3 Å². The minimum Gasteiger partial charge on any atom is -0.468 e. The molecule has 1 aromatic heterocycles. The summed E-state index contributed by atoms with van der Waals surface area (Å²) in [5, 5.41) is 21.3. The van der Waals surface area contributed by atoms with Gasteiger partial charge in [0.25, 0.3) is 5.69 Å². The lowest BCUT2D eigenvalue weighted by molar-refractivity contribution is -0.384. The van der Waals surface area contributed by atoms with E-state index in [4.69, 9.17) is 4.42 Å². The van der Waals surface area contributed by atoms with Crippen LogP contribution in [0.3, 0.4) is 0 Å². The van der Waals surface area contributed by atoms with E-state index in [0.29, 0.717) is 29.7 Å². The van der Waals surface area contributed by atoms with Crippen molar-refractivity contribution in [2.24, 2.45) is 0 Å². The van der Waals surface area contributed by atoms with E-state index in [9.17, 15) is 20.2 Å². The summed E-state index contributed by atoms with van der Waals surface area (Å²) in [5.74, 6) is 1.02. The van der Waals surface area contributed by atoms with Gasteiger partial charge >= 0.3 is 0 Å². The van der Waals surface area contributed by atoms with Crippen LogP contribution in [0.5, 0.6) is 0 Å². The highest BCUT2D eigenvalue weighted by Gasteiger charge is 2.38. The molecule has 0 aliphatic carbocycles. The Morgan fingerprint density at radius 1 is 1.32 bits per heavy atom. The summed E-state index contributed by atoms with van der Waals surface area (Å²) in [7, 11) is 0. The number of nitrogens with zero attached hydrogens (tertiary/aromatic N) is 4. The first-order valence-corrected chi connectivity index (χ1v) is 9.62. The number of fused-ring (bicyclic) bond motifs is 1. The Labute approximate surface area is 165 Å². The first-order chi connectivity index (χ1) is 13.6. The Hall–Kier alpha value is -3.09. The van der Waals surface area contributed by atoms with Crippen molar-refractivity contribution < 1.29 is 14.1 Å². The number of allylic oxidation sites excluding steroid dienone is 1. The van der Waals surface area contributed by atoms with Gasteiger partial charge in [-0.3, -0.25) is 24.7 Å². The van der Waals surface area contributed by atoms with Gasteiger partial charge < -0.3 is 4.42 Å². The van der Waals surface area contributed by atoms with Crippen molar-refractivity contribution in [3.05, 3.63) is 74.7 Å².